The summed E-state index contributed by atoms with van der Waals surface area (Å²) in [6, 6.07) is 11.9. The molecule has 2 heteroatoms. The Bertz CT molecular complexity index is 606. The Labute approximate surface area is 161 Å². The number of pyridine rings is 1. The van der Waals surface area contributed by atoms with Gasteiger partial charge in [0.05, 0.1) is 0 Å². The van der Waals surface area contributed by atoms with Gasteiger partial charge in [0.25, 0.3) is 0 Å². The number of nitrogens with zero attached hydrogens (tertiary/aromatic N) is 2. The molecule has 1 aromatic heterocycles. The second kappa shape index (κ2) is 11.9. The van der Waals surface area contributed by atoms with Gasteiger partial charge in [0, 0.05) is 31.0 Å². The predicted octanol–water partition coefficient (Wildman–Crippen LogP) is 6.27. The van der Waals surface area contributed by atoms with E-state index in [1.807, 2.05) is 53.8 Å². The van der Waals surface area contributed by atoms with E-state index in [0.717, 1.165) is 11.7 Å². The molecule has 1 aliphatic carbocycles. The van der Waals surface area contributed by atoms with Crippen molar-refractivity contribution in [3.63, 3.8) is 0 Å². The maximum absolute atomic E-state index is 4.08. The molecule has 2 aromatic rings. The summed E-state index contributed by atoms with van der Waals surface area (Å²) in [5.74, 6) is 0. The van der Waals surface area contributed by atoms with E-state index in [1.54, 1.807) is 11.1 Å². The van der Waals surface area contributed by atoms with Crippen molar-refractivity contribution >= 4 is 0 Å². The van der Waals surface area contributed by atoms with Crippen molar-refractivity contribution < 1.29 is 0 Å². The molecular weight excluding hydrogens is 316 g/mol. The van der Waals surface area contributed by atoms with E-state index >= 15 is 0 Å². The van der Waals surface area contributed by atoms with E-state index in [4.69, 9.17) is 0 Å². The van der Waals surface area contributed by atoms with Crippen molar-refractivity contribution in [1.29, 1.82) is 0 Å². The lowest BCUT2D eigenvalue weighted by molar-refractivity contribution is 0.244. The van der Waals surface area contributed by atoms with Crippen LogP contribution in [0, 0.1) is 20.8 Å². The van der Waals surface area contributed by atoms with Crippen LogP contribution in [0.25, 0.3) is 0 Å². The van der Waals surface area contributed by atoms with E-state index in [0.29, 0.717) is 0 Å². The summed E-state index contributed by atoms with van der Waals surface area (Å²) in [4.78, 5) is 6.73. The zero-order chi connectivity index (χ0) is 19.5. The molecule has 0 unspecified atom stereocenters. The molecule has 2 nitrogen and oxygen atoms in total. The first-order valence-electron chi connectivity index (χ1n) is 10.3. The third-order valence-electron chi connectivity index (χ3n) is 4.53. The van der Waals surface area contributed by atoms with Gasteiger partial charge in [-0.2, -0.15) is 0 Å². The van der Waals surface area contributed by atoms with Crippen molar-refractivity contribution in [2.24, 2.45) is 0 Å². The Morgan fingerprint density at radius 3 is 2.04 bits per heavy atom. The highest BCUT2D eigenvalue weighted by Crippen LogP contribution is 2.31. The summed E-state index contributed by atoms with van der Waals surface area (Å²) in [7, 11) is 0. The molecule has 0 atom stereocenters. The van der Waals surface area contributed by atoms with Crippen molar-refractivity contribution in [2.75, 3.05) is 6.54 Å². The predicted molar refractivity (Wildman–Crippen MR) is 115 cm³/mol. The lowest BCUT2D eigenvalue weighted by atomic mass is 9.98. The van der Waals surface area contributed by atoms with Gasteiger partial charge in [0.1, 0.15) is 0 Å². The Morgan fingerprint density at radius 2 is 1.50 bits per heavy atom. The molecule has 2 aliphatic rings. The fraction of sp³-hybridized carbons (Fsp3) is 0.542. The van der Waals surface area contributed by atoms with Gasteiger partial charge in [-0.25, -0.2) is 0 Å². The minimum Gasteiger partial charge on any atom is -0.296 e. The molecule has 144 valence electrons. The van der Waals surface area contributed by atoms with Crippen LogP contribution in [0.15, 0.2) is 36.5 Å². The third-order valence-corrected chi connectivity index (χ3v) is 4.53. The second-order valence-electron chi connectivity index (χ2n) is 6.70. The van der Waals surface area contributed by atoms with E-state index in [2.05, 4.69) is 41.1 Å². The van der Waals surface area contributed by atoms with Crippen LogP contribution in [0.4, 0.5) is 0 Å². The molecule has 0 bridgehead atoms. The van der Waals surface area contributed by atoms with Crippen molar-refractivity contribution in [2.45, 2.75) is 80.3 Å². The monoisotopic (exact) mass is 354 g/mol. The number of hydrogen-bond donors (Lipinski definition) is 0. The molecule has 26 heavy (non-hydrogen) atoms. The average molecular weight is 355 g/mol. The van der Waals surface area contributed by atoms with Crippen LogP contribution in [0.3, 0.4) is 0 Å². The van der Waals surface area contributed by atoms with E-state index in [-0.39, 0.29) is 0 Å². The minimum absolute atomic E-state index is 0.921. The van der Waals surface area contributed by atoms with Gasteiger partial charge >= 0.3 is 0 Å². The van der Waals surface area contributed by atoms with Gasteiger partial charge in [0.15, 0.2) is 0 Å². The van der Waals surface area contributed by atoms with Crippen molar-refractivity contribution in [1.82, 2.24) is 9.88 Å². The first-order chi connectivity index (χ1) is 12.6. The summed E-state index contributed by atoms with van der Waals surface area (Å²) in [5.41, 5.74) is 6.85. The standard InChI is InChI=1S/C13H17N.C7H9N.2C2H6/c1-10-2-3-12-9-14(13-4-5-13)7-6-11(12)8-10;1-6-3-4-7(2)8-5-6;2*1-2/h2-3,8,13H,4-7,9H2,1H3;3-5H,1-2H3;2*1-2H3. The fourth-order valence-corrected chi connectivity index (χ4v) is 3.00. The Hall–Kier alpha value is -1.67. The molecule has 1 aliphatic heterocycles. The summed E-state index contributed by atoms with van der Waals surface area (Å²) in [5, 5.41) is 0. The van der Waals surface area contributed by atoms with Crippen LogP contribution in [0.1, 0.15) is 68.5 Å². The average Bonchev–Trinajstić information content (AvgIpc) is 3.53. The zero-order valence-corrected chi connectivity index (χ0v) is 18.0. The van der Waals surface area contributed by atoms with E-state index in [1.165, 1.54) is 43.5 Å². The lowest BCUT2D eigenvalue weighted by Crippen LogP contribution is -2.32. The summed E-state index contributed by atoms with van der Waals surface area (Å²) < 4.78 is 0. The maximum Gasteiger partial charge on any atom is 0.0372 e. The Kier molecular flexibility index (Phi) is 10.2. The molecule has 0 radical (unpaired) electrons. The summed E-state index contributed by atoms with van der Waals surface area (Å²) >= 11 is 0. The maximum atomic E-state index is 4.08. The summed E-state index contributed by atoms with van der Waals surface area (Å²) in [6.07, 6.45) is 5.99. The van der Waals surface area contributed by atoms with Crippen LogP contribution >= 0.6 is 0 Å². The van der Waals surface area contributed by atoms with E-state index < -0.39 is 0 Å². The van der Waals surface area contributed by atoms with Crippen LogP contribution in [-0.2, 0) is 13.0 Å². The van der Waals surface area contributed by atoms with Gasteiger partial charge in [0.2, 0.25) is 0 Å². The molecule has 0 amide bonds. The topological polar surface area (TPSA) is 16.1 Å². The molecule has 1 aromatic carbocycles. The van der Waals surface area contributed by atoms with Crippen LogP contribution < -0.4 is 0 Å². The fourth-order valence-electron chi connectivity index (χ4n) is 3.00. The SMILES string of the molecule is CC.CC.Cc1ccc(C)nc1.Cc1ccc2c(c1)CCN(C1CC1)C2. The van der Waals surface area contributed by atoms with Gasteiger partial charge in [-0.3, -0.25) is 9.88 Å². The number of fused-ring (bicyclic) bond motifs is 1. The van der Waals surface area contributed by atoms with Gasteiger partial charge in [-0.15, -0.1) is 0 Å². The first-order valence-corrected chi connectivity index (χ1v) is 10.3. The highest BCUT2D eigenvalue weighted by Gasteiger charge is 2.30. The minimum atomic E-state index is 0.921. The highest BCUT2D eigenvalue weighted by molar-refractivity contribution is 5.33. The molecule has 0 N–H and O–H groups in total. The molecule has 1 saturated carbocycles. The third kappa shape index (κ3) is 7.29. The number of hydrogen-bond acceptors (Lipinski definition) is 2. The number of aryl methyl sites for hydroxylation is 3. The van der Waals surface area contributed by atoms with Crippen LogP contribution in [0.5, 0.6) is 0 Å². The molecule has 4 rings (SSSR count). The smallest absolute Gasteiger partial charge is 0.0372 e. The molecule has 2 heterocycles. The van der Waals surface area contributed by atoms with Crippen LogP contribution in [0.2, 0.25) is 0 Å². The Morgan fingerprint density at radius 1 is 0.846 bits per heavy atom. The largest absolute Gasteiger partial charge is 0.296 e. The van der Waals surface area contributed by atoms with Gasteiger partial charge in [-0.1, -0.05) is 57.5 Å². The highest BCUT2D eigenvalue weighted by atomic mass is 15.2. The van der Waals surface area contributed by atoms with Crippen LogP contribution in [-0.4, -0.2) is 22.5 Å². The first kappa shape index (κ1) is 22.4. The van der Waals surface area contributed by atoms with Gasteiger partial charge < -0.3 is 0 Å². The van der Waals surface area contributed by atoms with Crippen molar-refractivity contribution in [3.05, 3.63) is 64.5 Å². The molecule has 1 fully saturated rings. The zero-order valence-electron chi connectivity index (χ0n) is 18.0. The summed E-state index contributed by atoms with van der Waals surface area (Å²) in [6.45, 7) is 16.7. The molecule has 0 saturated heterocycles. The number of rotatable bonds is 1. The number of benzene rings is 1. The number of aromatic nitrogens is 1. The van der Waals surface area contributed by atoms with Gasteiger partial charge in [-0.05, 0) is 62.8 Å². The normalized spacial score (nSPS) is 15.2. The molecule has 0 spiro atoms. The Balaban J connectivity index is 0.000000242. The van der Waals surface area contributed by atoms with E-state index in [9.17, 15) is 0 Å². The lowest BCUT2D eigenvalue weighted by Gasteiger charge is -2.28. The van der Waals surface area contributed by atoms with Crippen molar-refractivity contribution in [3.8, 4) is 0 Å². The quantitative estimate of drug-likeness (QED) is 0.600. The molecular formula is C24H38N2. The second-order valence-corrected chi connectivity index (χ2v) is 6.70.